The number of carbonyl (C=O) groups is 1. The van der Waals surface area contributed by atoms with Gasteiger partial charge in [-0.15, -0.1) is 0 Å². The molecule has 1 aromatic rings. The Balaban J connectivity index is 2.53. The molecule has 1 aromatic heterocycles. The van der Waals surface area contributed by atoms with Crippen LogP contribution in [0, 0.1) is 0 Å². The van der Waals surface area contributed by atoms with Crippen molar-refractivity contribution in [3.8, 4) is 0 Å². The molecule has 0 aromatic carbocycles. The molecule has 0 aliphatic heterocycles. The van der Waals surface area contributed by atoms with E-state index in [1.54, 1.807) is 24.5 Å². The van der Waals surface area contributed by atoms with Gasteiger partial charge in [-0.2, -0.15) is 4.73 Å². The van der Waals surface area contributed by atoms with E-state index in [0.29, 0.717) is 12.0 Å². The predicted octanol–water partition coefficient (Wildman–Crippen LogP) is 1.41. The van der Waals surface area contributed by atoms with Crippen LogP contribution in [0.3, 0.4) is 0 Å². The molecule has 0 aliphatic rings. The average Bonchev–Trinajstić information content (AvgIpc) is 2.55. The highest BCUT2D eigenvalue weighted by Crippen LogP contribution is 1.97. The number of hydrogen-bond acceptors (Lipinski definition) is 2. The van der Waals surface area contributed by atoms with Crippen molar-refractivity contribution in [2.24, 2.45) is 0 Å². The highest BCUT2D eigenvalue weighted by molar-refractivity contribution is 5.87. The Morgan fingerprint density at radius 2 is 2.08 bits per heavy atom. The molecule has 0 unspecified atom stereocenters. The van der Waals surface area contributed by atoms with E-state index in [9.17, 15) is 4.79 Å². The van der Waals surface area contributed by atoms with Crippen LogP contribution in [0.2, 0.25) is 0 Å². The summed E-state index contributed by atoms with van der Waals surface area (Å²) in [5.41, 5.74) is 0.476. The number of aromatic nitrogens is 1. The molecule has 0 saturated carbocycles. The molecule has 0 bridgehead atoms. The van der Waals surface area contributed by atoms with Gasteiger partial charge in [0.15, 0.2) is 0 Å². The summed E-state index contributed by atoms with van der Waals surface area (Å²) in [5, 5.41) is 0. The van der Waals surface area contributed by atoms with E-state index >= 15 is 0 Å². The molecular weight excluding hydrogens is 154 g/mol. The topological polar surface area (TPSA) is 31.2 Å². The average molecular weight is 165 g/mol. The monoisotopic (exact) mass is 165 g/mol. The van der Waals surface area contributed by atoms with Gasteiger partial charge in [-0.3, -0.25) is 0 Å². The third kappa shape index (κ3) is 1.99. The van der Waals surface area contributed by atoms with Crippen LogP contribution in [0.5, 0.6) is 0 Å². The zero-order chi connectivity index (χ0) is 8.97. The van der Waals surface area contributed by atoms with Crippen molar-refractivity contribution in [1.82, 2.24) is 4.73 Å². The number of nitrogens with zero attached hydrogens (tertiary/aromatic N) is 1. The van der Waals surface area contributed by atoms with E-state index in [1.807, 2.05) is 6.92 Å². The molecule has 0 fully saturated rings. The van der Waals surface area contributed by atoms with Gasteiger partial charge in [0.25, 0.3) is 0 Å². The lowest BCUT2D eigenvalue weighted by molar-refractivity contribution is -0.139. The molecule has 64 valence electrons. The van der Waals surface area contributed by atoms with Crippen molar-refractivity contribution in [2.75, 3.05) is 0 Å². The predicted molar refractivity (Wildman–Crippen MR) is 45.5 cm³/mol. The van der Waals surface area contributed by atoms with Crippen molar-refractivity contribution in [2.45, 2.75) is 13.3 Å². The zero-order valence-corrected chi connectivity index (χ0v) is 6.99. The first-order chi connectivity index (χ1) is 5.74. The lowest BCUT2D eigenvalue weighted by Gasteiger charge is -2.03. The van der Waals surface area contributed by atoms with Gasteiger partial charge in [0, 0.05) is 18.0 Å². The molecule has 3 heteroatoms. The van der Waals surface area contributed by atoms with E-state index in [4.69, 9.17) is 4.84 Å². The summed E-state index contributed by atoms with van der Waals surface area (Å²) in [6, 6.07) is 3.56. The second-order valence-electron chi connectivity index (χ2n) is 2.38. The molecule has 12 heavy (non-hydrogen) atoms. The van der Waals surface area contributed by atoms with Crippen LogP contribution in [-0.2, 0) is 4.79 Å². The summed E-state index contributed by atoms with van der Waals surface area (Å²) in [6.45, 7) is 5.43. The van der Waals surface area contributed by atoms with Crippen molar-refractivity contribution in [3.05, 3.63) is 36.7 Å². The highest BCUT2D eigenvalue weighted by atomic mass is 16.7. The van der Waals surface area contributed by atoms with Crippen LogP contribution in [0.4, 0.5) is 0 Å². The van der Waals surface area contributed by atoms with E-state index in [2.05, 4.69) is 6.58 Å². The molecule has 1 heterocycles. The molecular formula is C9H11NO2. The van der Waals surface area contributed by atoms with Gasteiger partial charge in [-0.05, 0) is 18.6 Å². The molecule has 3 nitrogen and oxygen atoms in total. The third-order valence-electron chi connectivity index (χ3n) is 1.48. The second kappa shape index (κ2) is 3.76. The van der Waals surface area contributed by atoms with Gasteiger partial charge in [0.1, 0.15) is 0 Å². The number of carbonyl (C=O) groups excluding carboxylic acids is 1. The minimum atomic E-state index is -0.381. The number of hydrogen-bond donors (Lipinski definition) is 0. The molecule has 0 aliphatic carbocycles. The van der Waals surface area contributed by atoms with Gasteiger partial charge < -0.3 is 4.84 Å². The van der Waals surface area contributed by atoms with Crippen LogP contribution in [0.15, 0.2) is 36.7 Å². The van der Waals surface area contributed by atoms with Crippen LogP contribution < -0.4 is 4.84 Å². The van der Waals surface area contributed by atoms with Gasteiger partial charge in [-0.25, -0.2) is 4.79 Å². The molecule has 0 spiro atoms. The quantitative estimate of drug-likeness (QED) is 0.634. The van der Waals surface area contributed by atoms with E-state index in [0.717, 1.165) is 0 Å². The van der Waals surface area contributed by atoms with Crippen molar-refractivity contribution < 1.29 is 9.63 Å². The van der Waals surface area contributed by atoms with Gasteiger partial charge >= 0.3 is 5.97 Å². The first-order valence-corrected chi connectivity index (χ1v) is 3.77. The minimum absolute atomic E-state index is 0.381. The maximum absolute atomic E-state index is 11.1. The van der Waals surface area contributed by atoms with Crippen LogP contribution in [0.25, 0.3) is 0 Å². The van der Waals surface area contributed by atoms with E-state index < -0.39 is 0 Å². The Labute approximate surface area is 71.2 Å². The normalized spacial score (nSPS) is 9.42. The standard InChI is InChI=1S/C9H11NO2/c1-3-8(2)9(11)12-10-6-4-5-7-10/h4-7H,2-3H2,1H3. The Kier molecular flexibility index (Phi) is 2.69. The van der Waals surface area contributed by atoms with Gasteiger partial charge in [0.05, 0.1) is 0 Å². The molecule has 0 radical (unpaired) electrons. The summed E-state index contributed by atoms with van der Waals surface area (Å²) in [7, 11) is 0. The van der Waals surface area contributed by atoms with Gasteiger partial charge in [0.2, 0.25) is 0 Å². The zero-order valence-electron chi connectivity index (χ0n) is 6.99. The molecule has 0 saturated heterocycles. The Hall–Kier alpha value is -1.51. The summed E-state index contributed by atoms with van der Waals surface area (Å²) >= 11 is 0. The Bertz CT molecular complexity index is 275. The lowest BCUT2D eigenvalue weighted by atomic mass is 10.2. The third-order valence-corrected chi connectivity index (χ3v) is 1.48. The fourth-order valence-corrected chi connectivity index (χ4v) is 0.684. The summed E-state index contributed by atoms with van der Waals surface area (Å²) < 4.78 is 1.35. The second-order valence-corrected chi connectivity index (χ2v) is 2.38. The van der Waals surface area contributed by atoms with E-state index in [-0.39, 0.29) is 5.97 Å². The highest BCUT2D eigenvalue weighted by Gasteiger charge is 2.06. The largest absolute Gasteiger partial charge is 0.358 e. The molecule has 0 amide bonds. The Morgan fingerprint density at radius 1 is 1.50 bits per heavy atom. The maximum Gasteiger partial charge on any atom is 0.358 e. The minimum Gasteiger partial charge on any atom is -0.332 e. The molecule has 0 atom stereocenters. The smallest absolute Gasteiger partial charge is 0.332 e. The van der Waals surface area contributed by atoms with Crippen LogP contribution >= 0.6 is 0 Å². The Morgan fingerprint density at radius 3 is 2.58 bits per heavy atom. The fourth-order valence-electron chi connectivity index (χ4n) is 0.684. The van der Waals surface area contributed by atoms with Crippen LogP contribution in [-0.4, -0.2) is 10.7 Å². The maximum atomic E-state index is 11.1. The van der Waals surface area contributed by atoms with E-state index in [1.165, 1.54) is 4.73 Å². The SMILES string of the molecule is C=C(CC)C(=O)On1cccc1. The summed E-state index contributed by atoms with van der Waals surface area (Å²) in [6.07, 6.45) is 3.92. The van der Waals surface area contributed by atoms with Gasteiger partial charge in [-0.1, -0.05) is 13.5 Å². The molecule has 0 N–H and O–H groups in total. The van der Waals surface area contributed by atoms with Crippen LogP contribution in [0.1, 0.15) is 13.3 Å². The summed E-state index contributed by atoms with van der Waals surface area (Å²) in [4.78, 5) is 16.0. The fraction of sp³-hybridized carbons (Fsp3) is 0.222. The lowest BCUT2D eigenvalue weighted by Crippen LogP contribution is -2.19. The number of rotatable bonds is 3. The first-order valence-electron chi connectivity index (χ1n) is 3.77. The van der Waals surface area contributed by atoms with Crippen molar-refractivity contribution in [1.29, 1.82) is 0 Å². The van der Waals surface area contributed by atoms with Crippen molar-refractivity contribution >= 4 is 5.97 Å². The summed E-state index contributed by atoms with van der Waals surface area (Å²) in [5.74, 6) is -0.381. The molecule has 1 rings (SSSR count). The van der Waals surface area contributed by atoms with Crippen molar-refractivity contribution in [3.63, 3.8) is 0 Å². The first kappa shape index (κ1) is 8.59.